The van der Waals surface area contributed by atoms with Gasteiger partial charge in [-0.2, -0.15) is 0 Å². The normalized spacial score (nSPS) is 12.1. The van der Waals surface area contributed by atoms with E-state index in [1.54, 1.807) is 13.1 Å². The Morgan fingerprint density at radius 3 is 2.60 bits per heavy atom. The van der Waals surface area contributed by atoms with E-state index in [-0.39, 0.29) is 23.1 Å². The first kappa shape index (κ1) is 16.9. The molecule has 0 radical (unpaired) electrons. The number of nitrogens with one attached hydrogen (secondary N) is 1. The molecule has 1 atom stereocenters. The molecule has 0 aliphatic heterocycles. The third-order valence-corrected chi connectivity index (χ3v) is 4.34. The monoisotopic (exact) mass is 335 g/mol. The van der Waals surface area contributed by atoms with Crippen molar-refractivity contribution in [2.24, 2.45) is 0 Å². The summed E-state index contributed by atoms with van der Waals surface area (Å²) in [5.41, 5.74) is 3.03. The maximum Gasteiger partial charge on any atom is 0.281 e. The molecular formula is C20H21N3O2. The molecule has 0 aliphatic rings. The molecule has 25 heavy (non-hydrogen) atoms. The van der Waals surface area contributed by atoms with Crippen LogP contribution in [0.25, 0.3) is 5.65 Å². The molecule has 0 bridgehead atoms. The zero-order chi connectivity index (χ0) is 18.0. The third-order valence-electron chi connectivity index (χ3n) is 4.34. The lowest BCUT2D eigenvalue weighted by atomic mass is 9.95. The van der Waals surface area contributed by atoms with Crippen molar-refractivity contribution in [3.63, 3.8) is 0 Å². The van der Waals surface area contributed by atoms with Crippen molar-refractivity contribution >= 4 is 17.2 Å². The van der Waals surface area contributed by atoms with Crippen LogP contribution in [0, 0.1) is 13.8 Å². The summed E-state index contributed by atoms with van der Waals surface area (Å²) in [6, 6.07) is 13.3. The summed E-state index contributed by atoms with van der Waals surface area (Å²) < 4.78 is 1.46. The van der Waals surface area contributed by atoms with Gasteiger partial charge in [0.1, 0.15) is 11.3 Å². The van der Waals surface area contributed by atoms with Gasteiger partial charge in [0, 0.05) is 6.20 Å². The second kappa shape index (κ2) is 6.89. The fourth-order valence-corrected chi connectivity index (χ4v) is 2.96. The molecule has 0 unspecified atom stereocenters. The van der Waals surface area contributed by atoms with Crippen LogP contribution in [0.3, 0.4) is 0 Å². The molecule has 0 saturated carbocycles. The number of carbonyl (C=O) groups is 1. The molecule has 5 nitrogen and oxygen atoms in total. The van der Waals surface area contributed by atoms with Gasteiger partial charge >= 0.3 is 0 Å². The molecule has 1 amide bonds. The molecule has 0 saturated heterocycles. The first-order valence-electron chi connectivity index (χ1n) is 8.36. The van der Waals surface area contributed by atoms with Crippen molar-refractivity contribution in [1.29, 1.82) is 0 Å². The van der Waals surface area contributed by atoms with E-state index in [1.165, 1.54) is 4.40 Å². The zero-order valence-corrected chi connectivity index (χ0v) is 14.6. The summed E-state index contributed by atoms with van der Waals surface area (Å²) in [5.74, 6) is -0.499. The van der Waals surface area contributed by atoms with Crippen LogP contribution in [0.1, 0.15) is 36.1 Å². The molecule has 2 heterocycles. The average Bonchev–Trinajstić information content (AvgIpc) is 2.60. The topological polar surface area (TPSA) is 63.5 Å². The number of aryl methyl sites for hydroxylation is 2. The summed E-state index contributed by atoms with van der Waals surface area (Å²) in [6.45, 7) is 5.64. The van der Waals surface area contributed by atoms with E-state index >= 15 is 0 Å². The highest BCUT2D eigenvalue weighted by atomic mass is 16.2. The van der Waals surface area contributed by atoms with Gasteiger partial charge in [0.15, 0.2) is 0 Å². The Morgan fingerprint density at radius 2 is 1.92 bits per heavy atom. The van der Waals surface area contributed by atoms with Crippen LogP contribution >= 0.6 is 0 Å². The van der Waals surface area contributed by atoms with E-state index < -0.39 is 0 Å². The van der Waals surface area contributed by atoms with E-state index in [0.29, 0.717) is 17.8 Å². The quantitative estimate of drug-likeness (QED) is 0.794. The number of hydrogen-bond acceptors (Lipinski definition) is 3. The van der Waals surface area contributed by atoms with Gasteiger partial charge in [-0.3, -0.25) is 14.0 Å². The number of pyridine rings is 1. The maximum absolute atomic E-state index is 12.8. The second-order valence-corrected chi connectivity index (χ2v) is 6.17. The SMILES string of the molecule is CC[C@@H](C(=O)Nc1c(C)nc2cc(C)ccn2c1=O)c1ccccc1. The van der Waals surface area contributed by atoms with E-state index in [4.69, 9.17) is 0 Å². The van der Waals surface area contributed by atoms with Crippen molar-refractivity contribution in [2.45, 2.75) is 33.1 Å². The highest BCUT2D eigenvalue weighted by Crippen LogP contribution is 2.21. The van der Waals surface area contributed by atoms with Crippen LogP contribution in [-0.2, 0) is 4.79 Å². The fraction of sp³-hybridized carbons (Fsp3) is 0.250. The van der Waals surface area contributed by atoms with Crippen molar-refractivity contribution < 1.29 is 4.79 Å². The molecule has 3 rings (SSSR count). The highest BCUT2D eigenvalue weighted by molar-refractivity contribution is 5.96. The number of aromatic nitrogens is 2. The number of carbonyl (C=O) groups excluding carboxylic acids is 1. The van der Waals surface area contributed by atoms with E-state index in [2.05, 4.69) is 10.3 Å². The highest BCUT2D eigenvalue weighted by Gasteiger charge is 2.21. The Labute approximate surface area is 146 Å². The van der Waals surface area contributed by atoms with Crippen LogP contribution in [0.5, 0.6) is 0 Å². The van der Waals surface area contributed by atoms with Gasteiger partial charge in [-0.1, -0.05) is 37.3 Å². The molecule has 0 aliphatic carbocycles. The van der Waals surface area contributed by atoms with Gasteiger partial charge < -0.3 is 5.32 Å². The molecule has 3 aromatic rings. The fourth-order valence-electron chi connectivity index (χ4n) is 2.96. The zero-order valence-electron chi connectivity index (χ0n) is 14.6. The molecule has 0 spiro atoms. The van der Waals surface area contributed by atoms with Gasteiger partial charge in [0.2, 0.25) is 5.91 Å². The Hall–Kier alpha value is -2.95. The third kappa shape index (κ3) is 3.31. The van der Waals surface area contributed by atoms with Crippen LogP contribution < -0.4 is 10.9 Å². The molecule has 128 valence electrons. The van der Waals surface area contributed by atoms with Gasteiger partial charge in [-0.05, 0) is 43.5 Å². The Bertz CT molecular complexity index is 977. The van der Waals surface area contributed by atoms with E-state index in [1.807, 2.05) is 56.3 Å². The summed E-state index contributed by atoms with van der Waals surface area (Å²) in [7, 11) is 0. The number of benzene rings is 1. The molecule has 5 heteroatoms. The molecular weight excluding hydrogens is 314 g/mol. The van der Waals surface area contributed by atoms with Crippen molar-refractivity contribution in [1.82, 2.24) is 9.38 Å². The number of rotatable bonds is 4. The van der Waals surface area contributed by atoms with Crippen LogP contribution in [0.15, 0.2) is 53.5 Å². The lowest BCUT2D eigenvalue weighted by Gasteiger charge is -2.16. The van der Waals surface area contributed by atoms with Crippen LogP contribution in [0.4, 0.5) is 5.69 Å². The minimum Gasteiger partial charge on any atom is -0.319 e. The molecule has 2 aromatic heterocycles. The van der Waals surface area contributed by atoms with Crippen molar-refractivity contribution in [2.75, 3.05) is 5.32 Å². The van der Waals surface area contributed by atoms with Gasteiger partial charge in [-0.15, -0.1) is 0 Å². The summed E-state index contributed by atoms with van der Waals surface area (Å²) >= 11 is 0. The lowest BCUT2D eigenvalue weighted by Crippen LogP contribution is -2.28. The molecule has 1 aromatic carbocycles. The summed E-state index contributed by atoms with van der Waals surface area (Å²) in [6.07, 6.45) is 2.33. The largest absolute Gasteiger partial charge is 0.319 e. The molecule has 0 fully saturated rings. The van der Waals surface area contributed by atoms with Gasteiger partial charge in [0.25, 0.3) is 5.56 Å². The Balaban J connectivity index is 1.98. The number of amides is 1. The predicted molar refractivity (Wildman–Crippen MR) is 99.0 cm³/mol. The number of nitrogens with zero attached hydrogens (tertiary/aromatic N) is 2. The Morgan fingerprint density at radius 1 is 1.20 bits per heavy atom. The second-order valence-electron chi connectivity index (χ2n) is 6.17. The van der Waals surface area contributed by atoms with Gasteiger partial charge in [-0.25, -0.2) is 4.98 Å². The smallest absolute Gasteiger partial charge is 0.281 e. The number of hydrogen-bond donors (Lipinski definition) is 1. The van der Waals surface area contributed by atoms with Crippen LogP contribution in [-0.4, -0.2) is 15.3 Å². The van der Waals surface area contributed by atoms with E-state index in [9.17, 15) is 9.59 Å². The minimum absolute atomic E-state index is 0.192. The number of anilines is 1. The summed E-state index contributed by atoms with van der Waals surface area (Å²) in [5, 5.41) is 2.80. The van der Waals surface area contributed by atoms with Crippen LogP contribution in [0.2, 0.25) is 0 Å². The average molecular weight is 335 g/mol. The van der Waals surface area contributed by atoms with Gasteiger partial charge in [0.05, 0.1) is 11.6 Å². The summed E-state index contributed by atoms with van der Waals surface area (Å²) in [4.78, 5) is 30.0. The molecule has 1 N–H and O–H groups in total. The maximum atomic E-state index is 12.8. The lowest BCUT2D eigenvalue weighted by molar-refractivity contribution is -0.117. The van der Waals surface area contributed by atoms with Crippen molar-refractivity contribution in [3.05, 3.63) is 75.8 Å². The minimum atomic E-state index is -0.307. The van der Waals surface area contributed by atoms with E-state index in [0.717, 1.165) is 11.1 Å². The predicted octanol–water partition coefficient (Wildman–Crippen LogP) is 3.44. The van der Waals surface area contributed by atoms with Crippen molar-refractivity contribution in [3.8, 4) is 0 Å². The first-order chi connectivity index (χ1) is 12.0. The Kier molecular flexibility index (Phi) is 4.65. The first-order valence-corrected chi connectivity index (χ1v) is 8.36. The standard InChI is InChI=1S/C20H21N3O2/c1-4-16(15-8-6-5-7-9-15)19(24)22-18-14(3)21-17-12-13(2)10-11-23(17)20(18)25/h5-12,16H,4H2,1-3H3,(H,22,24)/t16-/m1/s1. The number of fused-ring (bicyclic) bond motifs is 1.